The predicted octanol–water partition coefficient (Wildman–Crippen LogP) is 3.23. The highest BCUT2D eigenvalue weighted by molar-refractivity contribution is 5.59. The lowest BCUT2D eigenvalue weighted by molar-refractivity contribution is 0.122. The Kier molecular flexibility index (Phi) is 8.04. The van der Waals surface area contributed by atoms with E-state index in [0.29, 0.717) is 19.0 Å². The average molecular weight is 515 g/mol. The van der Waals surface area contributed by atoms with Gasteiger partial charge in [0.1, 0.15) is 5.82 Å². The van der Waals surface area contributed by atoms with E-state index < -0.39 is 0 Å². The van der Waals surface area contributed by atoms with Crippen LogP contribution in [0.2, 0.25) is 0 Å². The maximum atomic E-state index is 5.46. The molecule has 3 aromatic rings. The van der Waals surface area contributed by atoms with Crippen LogP contribution in [0.25, 0.3) is 11.4 Å². The number of anilines is 2. The molecule has 5 heterocycles. The Morgan fingerprint density at radius 2 is 1.66 bits per heavy atom. The van der Waals surface area contributed by atoms with Crippen LogP contribution in [0, 0.1) is 0 Å². The molecule has 9 heteroatoms. The van der Waals surface area contributed by atoms with Crippen LogP contribution in [0.3, 0.4) is 0 Å². The monoisotopic (exact) mass is 514 g/mol. The van der Waals surface area contributed by atoms with E-state index in [1.165, 1.54) is 37.1 Å². The molecule has 1 N–H and O–H groups in total. The molecule has 0 radical (unpaired) electrons. The molecule has 3 aliphatic heterocycles. The molecule has 0 saturated carbocycles. The molecule has 3 aliphatic rings. The van der Waals surface area contributed by atoms with E-state index in [1.54, 1.807) is 0 Å². The van der Waals surface area contributed by atoms with Crippen LogP contribution in [0.15, 0.2) is 42.7 Å². The fourth-order valence-corrected chi connectivity index (χ4v) is 5.62. The Morgan fingerprint density at radius 3 is 2.45 bits per heavy atom. The van der Waals surface area contributed by atoms with Gasteiger partial charge in [-0.25, -0.2) is 19.9 Å². The van der Waals surface area contributed by atoms with E-state index in [9.17, 15) is 0 Å². The van der Waals surface area contributed by atoms with Gasteiger partial charge in [0, 0.05) is 57.2 Å². The van der Waals surface area contributed by atoms with Gasteiger partial charge in [0.2, 0.25) is 5.95 Å². The third kappa shape index (κ3) is 6.11. The van der Waals surface area contributed by atoms with Crippen LogP contribution in [0.4, 0.5) is 11.8 Å². The zero-order chi connectivity index (χ0) is 25.6. The molecular formula is C29H38N8O. The lowest BCUT2D eigenvalue weighted by atomic mass is 10.0. The van der Waals surface area contributed by atoms with E-state index in [0.717, 1.165) is 81.7 Å². The van der Waals surface area contributed by atoms with E-state index in [1.807, 2.05) is 12.4 Å². The normalized spacial score (nSPS) is 18.5. The second kappa shape index (κ2) is 12.1. The lowest BCUT2D eigenvalue weighted by Gasteiger charge is -2.29. The molecule has 0 aliphatic carbocycles. The third-order valence-electron chi connectivity index (χ3n) is 7.73. The number of ether oxygens (including phenoxy) is 1. The topological polar surface area (TPSA) is 82.5 Å². The second-order valence-electron chi connectivity index (χ2n) is 10.5. The number of benzene rings is 1. The van der Waals surface area contributed by atoms with Crippen molar-refractivity contribution in [2.75, 3.05) is 69.2 Å². The Morgan fingerprint density at radius 1 is 0.868 bits per heavy atom. The highest BCUT2D eigenvalue weighted by Gasteiger charge is 2.24. The minimum absolute atomic E-state index is 0.695. The Labute approximate surface area is 225 Å². The van der Waals surface area contributed by atoms with Gasteiger partial charge in [-0.1, -0.05) is 30.3 Å². The summed E-state index contributed by atoms with van der Waals surface area (Å²) < 4.78 is 5.46. The van der Waals surface area contributed by atoms with Gasteiger partial charge in [-0.2, -0.15) is 0 Å². The van der Waals surface area contributed by atoms with E-state index in [4.69, 9.17) is 14.7 Å². The van der Waals surface area contributed by atoms with Crippen molar-refractivity contribution in [3.8, 4) is 11.4 Å². The highest BCUT2D eigenvalue weighted by Crippen LogP contribution is 2.28. The van der Waals surface area contributed by atoms with Crippen LogP contribution in [0.1, 0.15) is 36.1 Å². The first kappa shape index (κ1) is 25.2. The molecule has 9 nitrogen and oxygen atoms in total. The van der Waals surface area contributed by atoms with Crippen LogP contribution in [0.5, 0.6) is 0 Å². The largest absolute Gasteiger partial charge is 0.378 e. The van der Waals surface area contributed by atoms with Crippen LogP contribution in [-0.2, 0) is 24.2 Å². The van der Waals surface area contributed by atoms with Gasteiger partial charge >= 0.3 is 0 Å². The number of likely N-dealkylation sites (tertiary alicyclic amines) is 1. The fourth-order valence-electron chi connectivity index (χ4n) is 5.62. The zero-order valence-electron chi connectivity index (χ0n) is 22.2. The SMILES string of the molecule is c1ccc(CN2CCc3c(nc(-c4cnc(N5CCOCC5)nc4)nc3NCCCN3CCCC3)C2)cc1. The van der Waals surface area contributed by atoms with Crippen LogP contribution < -0.4 is 10.2 Å². The fraction of sp³-hybridized carbons (Fsp3) is 0.517. The molecule has 0 amide bonds. The second-order valence-corrected chi connectivity index (χ2v) is 10.5. The predicted molar refractivity (Wildman–Crippen MR) is 149 cm³/mol. The number of nitrogens with one attached hydrogen (secondary N) is 1. The molecule has 6 rings (SSSR count). The molecule has 200 valence electrons. The number of hydrogen-bond acceptors (Lipinski definition) is 9. The van der Waals surface area contributed by atoms with Gasteiger partial charge in [0.05, 0.1) is 24.5 Å². The van der Waals surface area contributed by atoms with Crippen molar-refractivity contribution >= 4 is 11.8 Å². The Balaban J connectivity index is 1.21. The summed E-state index contributed by atoms with van der Waals surface area (Å²) in [6.45, 7) is 10.4. The standard InChI is InChI=1S/C29H38N8O/c1-2-7-23(8-3-1)21-36-14-9-25-26(22-36)33-27(34-28(25)30-10-6-13-35-11-4-5-12-35)24-19-31-29(32-20-24)37-15-17-38-18-16-37/h1-3,7-8,19-20H,4-6,9-18,21-22H2,(H,30,33,34). The molecule has 2 saturated heterocycles. The van der Waals surface area contributed by atoms with Crippen molar-refractivity contribution in [3.63, 3.8) is 0 Å². The first-order chi connectivity index (χ1) is 18.8. The molecule has 0 spiro atoms. The minimum Gasteiger partial charge on any atom is -0.378 e. The van der Waals surface area contributed by atoms with E-state index >= 15 is 0 Å². The zero-order valence-corrected chi connectivity index (χ0v) is 22.2. The molecular weight excluding hydrogens is 476 g/mol. The van der Waals surface area contributed by atoms with Crippen molar-refractivity contribution in [3.05, 3.63) is 59.5 Å². The first-order valence-electron chi connectivity index (χ1n) is 14.1. The number of hydrogen-bond donors (Lipinski definition) is 1. The maximum Gasteiger partial charge on any atom is 0.225 e. The van der Waals surface area contributed by atoms with Gasteiger partial charge < -0.3 is 19.9 Å². The van der Waals surface area contributed by atoms with Crippen LogP contribution >= 0.6 is 0 Å². The van der Waals surface area contributed by atoms with Crippen molar-refractivity contribution in [1.82, 2.24) is 29.7 Å². The van der Waals surface area contributed by atoms with Crippen LogP contribution in [-0.4, -0.2) is 88.8 Å². The molecule has 38 heavy (non-hydrogen) atoms. The van der Waals surface area contributed by atoms with E-state index in [-0.39, 0.29) is 0 Å². The van der Waals surface area contributed by atoms with Crippen molar-refractivity contribution in [1.29, 1.82) is 0 Å². The number of morpholine rings is 1. The summed E-state index contributed by atoms with van der Waals surface area (Å²) >= 11 is 0. The lowest BCUT2D eigenvalue weighted by Crippen LogP contribution is -2.37. The van der Waals surface area contributed by atoms with Crippen molar-refractivity contribution in [2.45, 2.75) is 38.8 Å². The summed E-state index contributed by atoms with van der Waals surface area (Å²) in [5.41, 5.74) is 4.55. The quantitative estimate of drug-likeness (QED) is 0.433. The Bertz CT molecular complexity index is 1180. The van der Waals surface area contributed by atoms with E-state index in [2.05, 4.69) is 60.3 Å². The number of fused-ring (bicyclic) bond motifs is 1. The molecule has 2 fully saturated rings. The maximum absolute atomic E-state index is 5.46. The molecule has 0 bridgehead atoms. The summed E-state index contributed by atoms with van der Waals surface area (Å²) in [5.74, 6) is 2.41. The highest BCUT2D eigenvalue weighted by atomic mass is 16.5. The molecule has 0 unspecified atom stereocenters. The van der Waals surface area contributed by atoms with Gasteiger partial charge in [-0.3, -0.25) is 4.90 Å². The summed E-state index contributed by atoms with van der Waals surface area (Å²) in [5, 5.41) is 3.68. The van der Waals surface area contributed by atoms with Crippen molar-refractivity contribution < 1.29 is 4.74 Å². The number of nitrogens with zero attached hydrogens (tertiary/aromatic N) is 7. The average Bonchev–Trinajstić information content (AvgIpc) is 3.50. The Hall–Kier alpha value is -3.14. The van der Waals surface area contributed by atoms with Gasteiger partial charge in [0.25, 0.3) is 0 Å². The van der Waals surface area contributed by atoms with Gasteiger partial charge in [-0.05, 0) is 50.9 Å². The summed E-state index contributed by atoms with van der Waals surface area (Å²) in [6, 6.07) is 10.7. The summed E-state index contributed by atoms with van der Waals surface area (Å²) in [7, 11) is 0. The van der Waals surface area contributed by atoms with Crippen molar-refractivity contribution in [2.24, 2.45) is 0 Å². The summed E-state index contributed by atoms with van der Waals surface area (Å²) in [6.07, 6.45) is 8.46. The molecule has 0 atom stereocenters. The summed E-state index contributed by atoms with van der Waals surface area (Å²) in [4.78, 5) is 26.6. The smallest absolute Gasteiger partial charge is 0.225 e. The number of rotatable bonds is 9. The molecule has 1 aromatic carbocycles. The third-order valence-corrected chi connectivity index (χ3v) is 7.73. The number of aromatic nitrogens is 4. The first-order valence-corrected chi connectivity index (χ1v) is 14.1. The van der Waals surface area contributed by atoms with Gasteiger partial charge in [-0.15, -0.1) is 0 Å². The molecule has 2 aromatic heterocycles. The van der Waals surface area contributed by atoms with Gasteiger partial charge in [0.15, 0.2) is 5.82 Å². The minimum atomic E-state index is 0.695.